The molecule has 3 amide bonds. The molecule has 2 heterocycles. The molecule has 9 nitrogen and oxygen atoms in total. The molecule has 0 aliphatic carbocycles. The van der Waals surface area contributed by atoms with Crippen LogP contribution in [0.15, 0.2) is 29.5 Å². The van der Waals surface area contributed by atoms with Gasteiger partial charge in [-0.05, 0) is 17.7 Å². The van der Waals surface area contributed by atoms with Gasteiger partial charge < -0.3 is 30.7 Å². The van der Waals surface area contributed by atoms with E-state index in [1.54, 1.807) is 12.1 Å². The van der Waals surface area contributed by atoms with Gasteiger partial charge in [0, 0.05) is 24.5 Å². The fourth-order valence-electron chi connectivity index (χ4n) is 2.76. The number of amides is 3. The van der Waals surface area contributed by atoms with Crippen LogP contribution in [0, 0.1) is 0 Å². The first-order valence-corrected chi connectivity index (χ1v) is 7.70. The number of anilines is 2. The second-order valence-corrected chi connectivity index (χ2v) is 5.60. The summed E-state index contributed by atoms with van der Waals surface area (Å²) in [5.74, 6) is -0.996. The van der Waals surface area contributed by atoms with Gasteiger partial charge in [-0.3, -0.25) is 4.79 Å². The van der Waals surface area contributed by atoms with Crippen LogP contribution >= 0.6 is 0 Å². The van der Waals surface area contributed by atoms with Crippen molar-refractivity contribution in [2.24, 2.45) is 0 Å². The first-order chi connectivity index (χ1) is 12.0. The summed E-state index contributed by atoms with van der Waals surface area (Å²) in [5, 5.41) is 17.4. The van der Waals surface area contributed by atoms with Crippen LogP contribution in [-0.2, 0) is 20.9 Å². The lowest BCUT2D eigenvalue weighted by Gasteiger charge is -2.19. The quantitative estimate of drug-likeness (QED) is 0.557. The Morgan fingerprint density at radius 3 is 2.92 bits per heavy atom. The lowest BCUT2D eigenvalue weighted by atomic mass is 10.1. The molecular weight excluding hydrogens is 328 g/mol. The lowest BCUT2D eigenvalue weighted by molar-refractivity contribution is -0.136. The first-order valence-electron chi connectivity index (χ1n) is 7.70. The molecule has 0 atom stereocenters. The van der Waals surface area contributed by atoms with E-state index in [2.05, 4.69) is 16.0 Å². The van der Waals surface area contributed by atoms with Gasteiger partial charge in [0.05, 0.1) is 25.8 Å². The molecule has 1 aromatic carbocycles. The van der Waals surface area contributed by atoms with E-state index in [1.165, 1.54) is 12.0 Å². The summed E-state index contributed by atoms with van der Waals surface area (Å²) < 4.78 is 4.74. The standard InChI is InChI=1S/C16H18N4O5/c1-25-15(23)11-8-20(4-5-21)14(22)13(11)18-10-3-2-9-7-17-16(24)19-12(9)6-10/h2-3,6,18,21H,4-5,7-8H2,1H3,(H2,17,19,24). The van der Waals surface area contributed by atoms with Crippen LogP contribution in [0.3, 0.4) is 0 Å². The Morgan fingerprint density at radius 2 is 2.20 bits per heavy atom. The smallest absolute Gasteiger partial charge is 0.337 e. The number of ether oxygens (including phenoxy) is 1. The number of nitrogens with zero attached hydrogens (tertiary/aromatic N) is 1. The zero-order valence-electron chi connectivity index (χ0n) is 13.6. The van der Waals surface area contributed by atoms with Gasteiger partial charge in [0.25, 0.3) is 5.91 Å². The van der Waals surface area contributed by atoms with E-state index in [0.717, 1.165) is 5.56 Å². The Bertz CT molecular complexity index is 774. The molecule has 0 spiro atoms. The van der Waals surface area contributed by atoms with Crippen LogP contribution < -0.4 is 16.0 Å². The summed E-state index contributed by atoms with van der Waals surface area (Å²) in [4.78, 5) is 37.2. The maximum absolute atomic E-state index is 12.5. The second-order valence-electron chi connectivity index (χ2n) is 5.60. The highest BCUT2D eigenvalue weighted by atomic mass is 16.5. The van der Waals surface area contributed by atoms with Crippen LogP contribution in [0.5, 0.6) is 0 Å². The third-order valence-corrected chi connectivity index (χ3v) is 4.02. The molecule has 3 rings (SSSR count). The van der Waals surface area contributed by atoms with Crippen LogP contribution in [0.25, 0.3) is 0 Å². The highest BCUT2D eigenvalue weighted by molar-refractivity contribution is 6.08. The Labute approximate surface area is 143 Å². The Kier molecular flexibility index (Phi) is 4.57. The van der Waals surface area contributed by atoms with E-state index in [4.69, 9.17) is 9.84 Å². The number of fused-ring (bicyclic) bond motifs is 1. The van der Waals surface area contributed by atoms with Gasteiger partial charge in [0.15, 0.2) is 0 Å². The molecule has 0 saturated heterocycles. The van der Waals surface area contributed by atoms with Gasteiger partial charge in [0.2, 0.25) is 0 Å². The molecule has 0 radical (unpaired) electrons. The topological polar surface area (TPSA) is 120 Å². The first kappa shape index (κ1) is 16.8. The van der Waals surface area contributed by atoms with E-state index in [1.807, 2.05) is 6.07 Å². The maximum atomic E-state index is 12.5. The number of urea groups is 1. The molecular formula is C16H18N4O5. The third-order valence-electron chi connectivity index (χ3n) is 4.02. The molecule has 25 heavy (non-hydrogen) atoms. The van der Waals surface area contributed by atoms with Gasteiger partial charge in [0.1, 0.15) is 5.70 Å². The fraction of sp³-hybridized carbons (Fsp3) is 0.312. The third kappa shape index (κ3) is 3.26. The number of hydrogen-bond acceptors (Lipinski definition) is 6. The van der Waals surface area contributed by atoms with E-state index < -0.39 is 11.9 Å². The van der Waals surface area contributed by atoms with Crippen molar-refractivity contribution in [2.75, 3.05) is 37.4 Å². The molecule has 2 aliphatic rings. The minimum absolute atomic E-state index is 0.0694. The van der Waals surface area contributed by atoms with E-state index in [0.29, 0.717) is 17.9 Å². The number of benzene rings is 1. The molecule has 0 saturated carbocycles. The van der Waals surface area contributed by atoms with Crippen LogP contribution in [0.4, 0.5) is 16.2 Å². The number of β-amino-alcohol motifs (C(OH)–C–C–N with tert-alkyl or cyclic N) is 1. The fourth-order valence-corrected chi connectivity index (χ4v) is 2.76. The van der Waals surface area contributed by atoms with Gasteiger partial charge in [-0.25, -0.2) is 9.59 Å². The minimum atomic E-state index is -0.605. The summed E-state index contributed by atoms with van der Waals surface area (Å²) in [6, 6.07) is 4.96. The predicted molar refractivity (Wildman–Crippen MR) is 88.6 cm³/mol. The number of rotatable bonds is 5. The zero-order valence-corrected chi connectivity index (χ0v) is 13.6. The molecule has 0 unspecified atom stereocenters. The lowest BCUT2D eigenvalue weighted by Crippen LogP contribution is -2.33. The number of aliphatic hydroxyl groups is 1. The van der Waals surface area contributed by atoms with E-state index in [-0.39, 0.29) is 37.0 Å². The number of carbonyl (C=O) groups is 3. The summed E-state index contributed by atoms with van der Waals surface area (Å²) in [7, 11) is 1.24. The number of hydrogen-bond donors (Lipinski definition) is 4. The van der Waals surface area contributed by atoms with Crippen molar-refractivity contribution >= 4 is 29.3 Å². The summed E-state index contributed by atoms with van der Waals surface area (Å²) >= 11 is 0. The number of carbonyl (C=O) groups excluding carboxylic acids is 3. The summed E-state index contributed by atoms with van der Waals surface area (Å²) in [5.41, 5.74) is 2.40. The molecule has 2 aliphatic heterocycles. The van der Waals surface area contributed by atoms with Crippen molar-refractivity contribution < 1.29 is 24.2 Å². The van der Waals surface area contributed by atoms with E-state index >= 15 is 0 Å². The number of methoxy groups -OCH3 is 1. The minimum Gasteiger partial charge on any atom is -0.466 e. The van der Waals surface area contributed by atoms with Gasteiger partial charge in [-0.2, -0.15) is 0 Å². The average Bonchev–Trinajstić information content (AvgIpc) is 2.91. The number of esters is 1. The Balaban J connectivity index is 1.88. The Morgan fingerprint density at radius 1 is 1.40 bits per heavy atom. The van der Waals surface area contributed by atoms with Crippen molar-refractivity contribution in [3.05, 3.63) is 35.0 Å². The Hall–Kier alpha value is -3.07. The second kappa shape index (κ2) is 6.81. The van der Waals surface area contributed by atoms with Crippen LogP contribution in [0.2, 0.25) is 0 Å². The molecule has 4 N–H and O–H groups in total. The van der Waals surface area contributed by atoms with Crippen molar-refractivity contribution in [1.82, 2.24) is 10.2 Å². The molecule has 132 valence electrons. The predicted octanol–water partition coefficient (Wildman–Crippen LogP) is -0.00480. The molecule has 9 heteroatoms. The summed E-state index contributed by atoms with van der Waals surface area (Å²) in [6.45, 7) is 0.405. The van der Waals surface area contributed by atoms with Crippen molar-refractivity contribution in [2.45, 2.75) is 6.54 Å². The zero-order chi connectivity index (χ0) is 18.0. The van der Waals surface area contributed by atoms with Crippen LogP contribution in [-0.4, -0.2) is 54.7 Å². The van der Waals surface area contributed by atoms with Crippen LogP contribution in [0.1, 0.15) is 5.56 Å². The molecule has 0 aromatic heterocycles. The van der Waals surface area contributed by atoms with Crippen molar-refractivity contribution in [3.8, 4) is 0 Å². The summed E-state index contributed by atoms with van der Waals surface area (Å²) in [6.07, 6.45) is 0. The van der Waals surface area contributed by atoms with Gasteiger partial charge in [-0.1, -0.05) is 6.07 Å². The number of aliphatic hydroxyl groups excluding tert-OH is 1. The highest BCUT2D eigenvalue weighted by Crippen LogP contribution is 2.27. The van der Waals surface area contributed by atoms with Crippen molar-refractivity contribution in [1.29, 1.82) is 0 Å². The largest absolute Gasteiger partial charge is 0.466 e. The van der Waals surface area contributed by atoms with Gasteiger partial charge >= 0.3 is 12.0 Å². The number of nitrogens with one attached hydrogen (secondary N) is 3. The van der Waals surface area contributed by atoms with Crippen molar-refractivity contribution in [3.63, 3.8) is 0 Å². The molecule has 0 bridgehead atoms. The highest BCUT2D eigenvalue weighted by Gasteiger charge is 2.34. The molecule has 1 aromatic rings. The molecule has 0 fully saturated rings. The normalized spacial score (nSPS) is 16.3. The van der Waals surface area contributed by atoms with Gasteiger partial charge in [-0.15, -0.1) is 0 Å². The monoisotopic (exact) mass is 346 g/mol. The average molecular weight is 346 g/mol. The van der Waals surface area contributed by atoms with E-state index in [9.17, 15) is 14.4 Å². The maximum Gasteiger partial charge on any atom is 0.337 e. The SMILES string of the molecule is COC(=O)C1=C(Nc2ccc3c(c2)NC(=O)NC3)C(=O)N(CCO)C1.